The molecule has 4 aromatic rings. The summed E-state index contributed by atoms with van der Waals surface area (Å²) in [6, 6.07) is 15.3. The molecule has 176 valence electrons. The van der Waals surface area contributed by atoms with Gasteiger partial charge in [-0.3, -0.25) is 14.7 Å². The number of halogens is 1. The van der Waals surface area contributed by atoms with Gasteiger partial charge in [0.2, 0.25) is 11.9 Å². The lowest BCUT2D eigenvalue weighted by molar-refractivity contribution is -0.129. The molecule has 10 heteroatoms. The van der Waals surface area contributed by atoms with Gasteiger partial charge in [0.25, 0.3) is 0 Å². The van der Waals surface area contributed by atoms with E-state index in [9.17, 15) is 4.79 Å². The number of aromatic nitrogens is 4. The molecule has 34 heavy (non-hydrogen) atoms. The molecule has 0 aliphatic heterocycles. The Labute approximate surface area is 202 Å². The van der Waals surface area contributed by atoms with Crippen molar-refractivity contribution in [1.82, 2.24) is 25.2 Å². The maximum absolute atomic E-state index is 11.0. The molecule has 2 aromatic carbocycles. The highest BCUT2D eigenvalue weighted by atomic mass is 35.5. The third-order valence-corrected chi connectivity index (χ3v) is 5.48. The highest BCUT2D eigenvalue weighted by Crippen LogP contribution is 2.27. The Kier molecular flexibility index (Phi) is 7.90. The van der Waals surface area contributed by atoms with Crippen molar-refractivity contribution in [3.05, 3.63) is 65.9 Å². The minimum atomic E-state index is -0.343. The minimum Gasteiger partial charge on any atom is -0.340 e. The zero-order chi connectivity index (χ0) is 23.8. The van der Waals surface area contributed by atoms with E-state index in [1.165, 1.54) is 0 Å². The monoisotopic (exact) mass is 479 g/mol. The number of fused-ring (bicyclic) bond motifs is 1. The molecule has 0 saturated heterocycles. The molecule has 4 N–H and O–H groups in total. The Hall–Kier alpha value is -3.69. The first-order chi connectivity index (χ1) is 16.6. The van der Waals surface area contributed by atoms with Crippen molar-refractivity contribution in [3.63, 3.8) is 0 Å². The predicted molar refractivity (Wildman–Crippen MR) is 133 cm³/mol. The maximum Gasteiger partial charge on any atom is 0.243 e. The highest BCUT2D eigenvalue weighted by Gasteiger charge is 2.10. The molecule has 0 saturated carbocycles. The fourth-order valence-electron chi connectivity index (χ4n) is 3.58. The summed E-state index contributed by atoms with van der Waals surface area (Å²) in [4.78, 5) is 20.3. The number of hydrogen-bond donors (Lipinski definition) is 4. The molecule has 2 heterocycles. The van der Waals surface area contributed by atoms with E-state index in [2.05, 4.69) is 25.7 Å². The van der Waals surface area contributed by atoms with Crippen LogP contribution < -0.4 is 16.1 Å². The number of hydrogen-bond acceptors (Lipinski definition) is 7. The quantitative estimate of drug-likeness (QED) is 0.129. The number of nitrogens with one attached hydrogen (secondary N) is 3. The average molecular weight is 480 g/mol. The summed E-state index contributed by atoms with van der Waals surface area (Å²) < 4.78 is 1.87. The van der Waals surface area contributed by atoms with Crippen LogP contribution in [0.2, 0.25) is 5.02 Å². The largest absolute Gasteiger partial charge is 0.340 e. The first-order valence-electron chi connectivity index (χ1n) is 11.1. The van der Waals surface area contributed by atoms with Crippen molar-refractivity contribution >= 4 is 51.6 Å². The van der Waals surface area contributed by atoms with Crippen LogP contribution in [-0.2, 0) is 11.3 Å². The van der Waals surface area contributed by atoms with E-state index in [4.69, 9.17) is 16.8 Å². The van der Waals surface area contributed by atoms with Crippen molar-refractivity contribution < 1.29 is 10.0 Å². The standard InChI is InChI=1S/C24H26ClN7O2/c25-17-8-7-9-18(14-17)27-23-20-10-4-5-11-21(20)29-24(30-23)28-19-15-26-32(16-19)13-6-2-1-3-12-22(33)31-34/h4-5,7-11,14-16,34H,1-3,6,12-13H2,(H,31,33)(H2,27,28,29,30). The second kappa shape index (κ2) is 11.4. The van der Waals surface area contributed by atoms with Crippen LogP contribution in [0.1, 0.15) is 32.1 Å². The topological polar surface area (TPSA) is 117 Å². The number of benzene rings is 2. The summed E-state index contributed by atoms with van der Waals surface area (Å²) in [5.41, 5.74) is 4.10. The van der Waals surface area contributed by atoms with Gasteiger partial charge in [0, 0.05) is 35.3 Å². The Bertz CT molecular complexity index is 1260. The molecule has 9 nitrogen and oxygen atoms in total. The van der Waals surface area contributed by atoms with Gasteiger partial charge >= 0.3 is 0 Å². The lowest BCUT2D eigenvalue weighted by Crippen LogP contribution is -2.17. The van der Waals surface area contributed by atoms with Crippen LogP contribution in [0.15, 0.2) is 60.9 Å². The molecule has 0 unspecified atom stereocenters. The number of unbranched alkanes of at least 4 members (excludes halogenated alkanes) is 3. The summed E-state index contributed by atoms with van der Waals surface area (Å²) >= 11 is 6.13. The van der Waals surface area contributed by atoms with Gasteiger partial charge in [0.15, 0.2) is 0 Å². The fraction of sp³-hybridized carbons (Fsp3) is 0.250. The Balaban J connectivity index is 1.39. The molecular weight excluding hydrogens is 454 g/mol. The smallest absolute Gasteiger partial charge is 0.243 e. The average Bonchev–Trinajstić information content (AvgIpc) is 3.28. The predicted octanol–water partition coefficient (Wildman–Crippen LogP) is 5.42. The van der Waals surface area contributed by atoms with E-state index < -0.39 is 0 Å². The molecule has 4 rings (SSSR count). The van der Waals surface area contributed by atoms with Crippen LogP contribution in [0.3, 0.4) is 0 Å². The summed E-state index contributed by atoms with van der Waals surface area (Å²) in [6.45, 7) is 0.772. The van der Waals surface area contributed by atoms with Crippen molar-refractivity contribution in [1.29, 1.82) is 0 Å². The Morgan fingerprint density at radius 3 is 2.68 bits per heavy atom. The molecule has 0 bridgehead atoms. The van der Waals surface area contributed by atoms with Crippen LogP contribution in [0, 0.1) is 0 Å². The maximum atomic E-state index is 11.0. The number of nitrogens with zero attached hydrogens (tertiary/aromatic N) is 4. The SMILES string of the molecule is O=C(CCCCCCn1cc(Nc2nc(Nc3cccc(Cl)c3)c3ccccc3n2)cn1)NO. The van der Waals surface area contributed by atoms with Crippen LogP contribution in [-0.4, -0.2) is 30.9 Å². The lowest BCUT2D eigenvalue weighted by Gasteiger charge is -2.11. The molecule has 0 atom stereocenters. The molecule has 0 aliphatic carbocycles. The Morgan fingerprint density at radius 1 is 0.971 bits per heavy atom. The van der Waals surface area contributed by atoms with Crippen molar-refractivity contribution in [2.24, 2.45) is 0 Å². The van der Waals surface area contributed by atoms with Crippen molar-refractivity contribution in [2.75, 3.05) is 10.6 Å². The number of para-hydroxylation sites is 1. The fourth-order valence-corrected chi connectivity index (χ4v) is 3.77. The normalized spacial score (nSPS) is 10.9. The summed E-state index contributed by atoms with van der Waals surface area (Å²) in [7, 11) is 0. The number of carbonyl (C=O) groups excluding carboxylic acids is 1. The molecule has 0 spiro atoms. The van der Waals surface area contributed by atoms with Gasteiger partial charge in [-0.2, -0.15) is 10.1 Å². The van der Waals surface area contributed by atoms with Gasteiger partial charge in [-0.05, 0) is 43.2 Å². The lowest BCUT2D eigenvalue weighted by atomic mass is 10.1. The van der Waals surface area contributed by atoms with Crippen LogP contribution >= 0.6 is 11.6 Å². The number of amides is 1. The number of aryl methyl sites for hydroxylation is 1. The van der Waals surface area contributed by atoms with Gasteiger partial charge in [-0.15, -0.1) is 0 Å². The van der Waals surface area contributed by atoms with Gasteiger partial charge in [-0.25, -0.2) is 10.5 Å². The summed E-state index contributed by atoms with van der Waals surface area (Å²) in [6.07, 6.45) is 7.61. The molecule has 1 amide bonds. The first-order valence-corrected chi connectivity index (χ1v) is 11.5. The summed E-state index contributed by atoms with van der Waals surface area (Å²) in [5, 5.41) is 21.0. The van der Waals surface area contributed by atoms with E-state index in [0.29, 0.717) is 23.2 Å². The van der Waals surface area contributed by atoms with Gasteiger partial charge in [0.05, 0.1) is 17.4 Å². The van der Waals surface area contributed by atoms with E-state index in [0.717, 1.165) is 54.5 Å². The third-order valence-electron chi connectivity index (χ3n) is 5.25. The molecule has 0 radical (unpaired) electrons. The van der Waals surface area contributed by atoms with Crippen molar-refractivity contribution in [3.8, 4) is 0 Å². The highest BCUT2D eigenvalue weighted by molar-refractivity contribution is 6.30. The number of carbonyl (C=O) groups is 1. The number of rotatable bonds is 11. The van der Waals surface area contributed by atoms with Crippen LogP contribution in [0.4, 0.5) is 23.1 Å². The van der Waals surface area contributed by atoms with E-state index in [1.54, 1.807) is 11.7 Å². The second-order valence-electron chi connectivity index (χ2n) is 7.86. The Morgan fingerprint density at radius 2 is 1.82 bits per heavy atom. The molecular formula is C24H26ClN7O2. The zero-order valence-corrected chi connectivity index (χ0v) is 19.3. The molecule has 2 aromatic heterocycles. The number of hydroxylamine groups is 1. The van der Waals surface area contributed by atoms with Gasteiger partial charge in [0.1, 0.15) is 5.82 Å². The van der Waals surface area contributed by atoms with E-state index in [1.807, 2.05) is 59.4 Å². The van der Waals surface area contributed by atoms with Crippen LogP contribution in [0.25, 0.3) is 10.9 Å². The van der Waals surface area contributed by atoms with Gasteiger partial charge in [-0.1, -0.05) is 42.6 Å². The minimum absolute atomic E-state index is 0.340. The van der Waals surface area contributed by atoms with Gasteiger partial charge < -0.3 is 10.6 Å². The second-order valence-corrected chi connectivity index (χ2v) is 8.30. The van der Waals surface area contributed by atoms with Crippen molar-refractivity contribution in [2.45, 2.75) is 38.6 Å². The third kappa shape index (κ3) is 6.43. The summed E-state index contributed by atoms with van der Waals surface area (Å²) in [5.74, 6) is 0.798. The van der Waals surface area contributed by atoms with E-state index >= 15 is 0 Å². The van der Waals surface area contributed by atoms with E-state index in [-0.39, 0.29) is 5.91 Å². The molecule has 0 fully saturated rings. The zero-order valence-electron chi connectivity index (χ0n) is 18.5. The molecule has 0 aliphatic rings. The number of anilines is 4. The van der Waals surface area contributed by atoms with Crippen LogP contribution in [0.5, 0.6) is 0 Å². The first kappa shape index (κ1) is 23.5.